The Morgan fingerprint density at radius 1 is 1.00 bits per heavy atom. The number of nitrogens with zero attached hydrogens (tertiary/aromatic N) is 2. The molecule has 25 heavy (non-hydrogen) atoms. The Kier molecular flexibility index (Phi) is 4.59. The van der Waals surface area contributed by atoms with E-state index in [9.17, 15) is 0 Å². The predicted octanol–water partition coefficient (Wildman–Crippen LogP) is 6.64. The lowest BCUT2D eigenvalue weighted by Crippen LogP contribution is -2.29. The van der Waals surface area contributed by atoms with Crippen LogP contribution in [0.15, 0.2) is 28.1 Å². The zero-order valence-electron chi connectivity index (χ0n) is 15.0. The Labute approximate surface area is 162 Å². The normalized spacial score (nSPS) is 15.1. The molecule has 2 nitrogen and oxygen atoms in total. The zero-order chi connectivity index (χ0) is 17.6. The van der Waals surface area contributed by atoms with Crippen molar-refractivity contribution in [2.24, 2.45) is 0 Å². The van der Waals surface area contributed by atoms with Gasteiger partial charge in [-0.05, 0) is 74.9 Å². The van der Waals surface area contributed by atoms with Gasteiger partial charge in [-0.25, -0.2) is 0 Å². The highest BCUT2D eigenvalue weighted by Gasteiger charge is 2.20. The number of anilines is 1. The van der Waals surface area contributed by atoms with Crippen LogP contribution in [0.4, 0.5) is 5.69 Å². The molecule has 4 heteroatoms. The number of halogens is 1. The number of piperidine rings is 1. The lowest BCUT2D eigenvalue weighted by molar-refractivity contribution is 0.579. The number of pyridine rings is 1. The van der Waals surface area contributed by atoms with Crippen molar-refractivity contribution in [3.8, 4) is 11.1 Å². The highest BCUT2D eigenvalue weighted by atomic mass is 79.9. The molecule has 3 aromatic rings. The topological polar surface area (TPSA) is 16.1 Å². The first kappa shape index (κ1) is 17.0. The number of hydrogen-bond acceptors (Lipinski definition) is 3. The van der Waals surface area contributed by atoms with E-state index in [0.29, 0.717) is 0 Å². The van der Waals surface area contributed by atoms with Crippen molar-refractivity contribution >= 4 is 43.2 Å². The highest BCUT2D eigenvalue weighted by Crippen LogP contribution is 2.41. The molecule has 0 spiro atoms. The predicted molar refractivity (Wildman–Crippen MR) is 113 cm³/mol. The van der Waals surface area contributed by atoms with E-state index in [1.165, 1.54) is 70.5 Å². The zero-order valence-corrected chi connectivity index (χ0v) is 17.4. The summed E-state index contributed by atoms with van der Waals surface area (Å²) < 4.78 is 2.48. The van der Waals surface area contributed by atoms with Crippen LogP contribution in [0, 0.1) is 20.8 Å². The molecule has 3 heterocycles. The van der Waals surface area contributed by atoms with Gasteiger partial charge >= 0.3 is 0 Å². The Bertz CT molecular complexity index is 915. The second-order valence-electron chi connectivity index (χ2n) is 7.07. The van der Waals surface area contributed by atoms with E-state index >= 15 is 0 Å². The molecule has 1 aliphatic heterocycles. The van der Waals surface area contributed by atoms with Crippen LogP contribution in [-0.4, -0.2) is 18.1 Å². The quantitative estimate of drug-likeness (QED) is 0.466. The van der Waals surface area contributed by atoms with Crippen molar-refractivity contribution in [2.45, 2.75) is 40.0 Å². The monoisotopic (exact) mass is 414 g/mol. The molecule has 1 saturated heterocycles. The minimum absolute atomic E-state index is 1.11. The first-order valence-electron chi connectivity index (χ1n) is 8.95. The van der Waals surface area contributed by atoms with Gasteiger partial charge in [0.15, 0.2) is 0 Å². The van der Waals surface area contributed by atoms with E-state index in [2.05, 4.69) is 65.2 Å². The molecule has 0 amide bonds. The number of aryl methyl sites for hydroxylation is 3. The third kappa shape index (κ3) is 3.11. The van der Waals surface area contributed by atoms with Crippen LogP contribution < -0.4 is 4.90 Å². The maximum atomic E-state index is 4.94. The summed E-state index contributed by atoms with van der Waals surface area (Å²) in [6.45, 7) is 8.84. The highest BCUT2D eigenvalue weighted by molar-refractivity contribution is 9.10. The molecule has 0 atom stereocenters. The fraction of sp³-hybridized carbons (Fsp3) is 0.381. The maximum absolute atomic E-state index is 4.94. The second-order valence-corrected chi connectivity index (χ2v) is 8.87. The van der Waals surface area contributed by atoms with Gasteiger partial charge < -0.3 is 4.90 Å². The van der Waals surface area contributed by atoms with Crippen molar-refractivity contribution in [2.75, 3.05) is 18.0 Å². The van der Waals surface area contributed by atoms with Crippen LogP contribution in [0.5, 0.6) is 0 Å². The van der Waals surface area contributed by atoms with Crippen LogP contribution in [-0.2, 0) is 0 Å². The Balaban J connectivity index is 1.92. The fourth-order valence-corrected chi connectivity index (χ4v) is 5.73. The number of fused-ring (bicyclic) bond motifs is 1. The Morgan fingerprint density at radius 2 is 1.68 bits per heavy atom. The number of rotatable bonds is 2. The van der Waals surface area contributed by atoms with E-state index in [0.717, 1.165) is 10.2 Å². The molecule has 1 aliphatic rings. The van der Waals surface area contributed by atoms with Gasteiger partial charge in [0.1, 0.15) is 0 Å². The van der Waals surface area contributed by atoms with Crippen LogP contribution in [0.25, 0.3) is 21.3 Å². The molecular weight excluding hydrogens is 392 g/mol. The summed E-state index contributed by atoms with van der Waals surface area (Å²) in [5.74, 6) is 0. The van der Waals surface area contributed by atoms with E-state index in [1.807, 2.05) is 11.3 Å². The summed E-state index contributed by atoms with van der Waals surface area (Å²) in [5.41, 5.74) is 8.87. The van der Waals surface area contributed by atoms with Crippen molar-refractivity contribution in [3.05, 3.63) is 44.9 Å². The summed E-state index contributed by atoms with van der Waals surface area (Å²) in [7, 11) is 0. The van der Waals surface area contributed by atoms with Crippen molar-refractivity contribution in [1.29, 1.82) is 0 Å². The van der Waals surface area contributed by atoms with E-state index in [4.69, 9.17) is 4.98 Å². The number of thiophene rings is 1. The summed E-state index contributed by atoms with van der Waals surface area (Å²) in [6, 6.07) is 6.68. The second kappa shape index (κ2) is 6.73. The molecule has 4 rings (SSSR count). The molecule has 0 unspecified atom stereocenters. The third-order valence-electron chi connectivity index (χ3n) is 5.09. The Morgan fingerprint density at radius 3 is 2.36 bits per heavy atom. The molecule has 130 valence electrons. The summed E-state index contributed by atoms with van der Waals surface area (Å²) >= 11 is 5.46. The smallest absolute Gasteiger partial charge is 0.0912 e. The van der Waals surface area contributed by atoms with E-state index in [1.54, 1.807) is 0 Å². The minimum atomic E-state index is 1.11. The molecule has 0 saturated carbocycles. The van der Waals surface area contributed by atoms with Crippen molar-refractivity contribution < 1.29 is 0 Å². The van der Waals surface area contributed by atoms with E-state index in [-0.39, 0.29) is 0 Å². The van der Waals surface area contributed by atoms with Crippen molar-refractivity contribution in [3.63, 3.8) is 0 Å². The molecule has 0 bridgehead atoms. The molecule has 1 fully saturated rings. The summed E-state index contributed by atoms with van der Waals surface area (Å²) in [6.07, 6.45) is 3.95. The lowest BCUT2D eigenvalue weighted by Gasteiger charge is -2.29. The van der Waals surface area contributed by atoms with Gasteiger partial charge in [0.05, 0.1) is 15.9 Å². The summed E-state index contributed by atoms with van der Waals surface area (Å²) in [5, 5.41) is 2.30. The molecular formula is C21H23BrN2S. The third-order valence-corrected chi connectivity index (χ3v) is 6.54. The summed E-state index contributed by atoms with van der Waals surface area (Å²) in [4.78, 5) is 7.50. The number of aromatic nitrogens is 1. The first-order chi connectivity index (χ1) is 12.0. The van der Waals surface area contributed by atoms with Gasteiger partial charge in [-0.15, -0.1) is 11.3 Å². The van der Waals surface area contributed by atoms with Crippen molar-refractivity contribution in [1.82, 2.24) is 4.98 Å². The molecule has 0 aliphatic carbocycles. The van der Waals surface area contributed by atoms with Crippen LogP contribution in [0.1, 0.15) is 36.1 Å². The van der Waals surface area contributed by atoms with Gasteiger partial charge in [-0.1, -0.05) is 15.9 Å². The first-order valence-corrected chi connectivity index (χ1v) is 10.6. The van der Waals surface area contributed by atoms with E-state index < -0.39 is 0 Å². The maximum Gasteiger partial charge on any atom is 0.0912 e. The van der Waals surface area contributed by atoms with Crippen LogP contribution in [0.2, 0.25) is 0 Å². The minimum Gasteiger partial charge on any atom is -0.370 e. The Hall–Kier alpha value is -1.39. The number of hydrogen-bond donors (Lipinski definition) is 0. The van der Waals surface area contributed by atoms with Gasteiger partial charge in [-0.2, -0.15) is 0 Å². The SMILES string of the molecule is Cc1cc(N2CCCCC2)c2scc(-c3c(C)cc(Br)cc3C)c2n1. The molecule has 1 aromatic carbocycles. The van der Waals surface area contributed by atoms with Crippen LogP contribution in [0.3, 0.4) is 0 Å². The van der Waals surface area contributed by atoms with Gasteiger partial charge in [0.2, 0.25) is 0 Å². The van der Waals surface area contributed by atoms with Gasteiger partial charge in [-0.3, -0.25) is 4.98 Å². The molecule has 2 aromatic heterocycles. The molecule has 0 radical (unpaired) electrons. The van der Waals surface area contributed by atoms with Crippen LogP contribution >= 0.6 is 27.3 Å². The molecule has 0 N–H and O–H groups in total. The lowest BCUT2D eigenvalue weighted by atomic mass is 9.97. The fourth-order valence-electron chi connectivity index (χ4n) is 4.00. The average molecular weight is 415 g/mol. The standard InChI is InChI=1S/C21H23BrN2S/c1-13-9-16(22)10-14(2)19(13)17-12-25-21-18(11-15(3)23-20(17)21)24-7-5-4-6-8-24/h9-12H,4-8H2,1-3H3. The van der Waals surface area contributed by atoms with Gasteiger partial charge in [0.25, 0.3) is 0 Å². The largest absolute Gasteiger partial charge is 0.370 e. The number of benzene rings is 1. The average Bonchev–Trinajstić information content (AvgIpc) is 2.97. The van der Waals surface area contributed by atoms with Gasteiger partial charge in [0, 0.05) is 34.2 Å².